The number of sulfonamides is 1. The van der Waals surface area contributed by atoms with Crippen LogP contribution in [-0.2, 0) is 22.9 Å². The molecule has 0 aromatic heterocycles. The van der Waals surface area contributed by atoms with Gasteiger partial charge in [0.1, 0.15) is 0 Å². The Labute approximate surface area is 177 Å². The molecule has 0 unspecified atom stereocenters. The zero-order valence-corrected chi connectivity index (χ0v) is 17.8. The molecule has 6 heteroatoms. The topological polar surface area (TPSA) is 83.5 Å². The second-order valence-corrected chi connectivity index (χ2v) is 9.17. The molecule has 0 saturated heterocycles. The number of hydrogen-bond donors (Lipinski definition) is 2. The summed E-state index contributed by atoms with van der Waals surface area (Å²) >= 11 is 0. The highest BCUT2D eigenvalue weighted by atomic mass is 32.2. The van der Waals surface area contributed by atoms with E-state index < -0.39 is 16.0 Å². The van der Waals surface area contributed by atoms with E-state index >= 15 is 0 Å². The van der Waals surface area contributed by atoms with E-state index in [1.54, 1.807) is 36.4 Å². The first-order chi connectivity index (χ1) is 14.3. The molecule has 0 aliphatic heterocycles. The van der Waals surface area contributed by atoms with Crippen LogP contribution in [0, 0.1) is 0 Å². The predicted molar refractivity (Wildman–Crippen MR) is 119 cm³/mol. The van der Waals surface area contributed by atoms with Crippen LogP contribution in [0.3, 0.4) is 0 Å². The third-order valence-electron chi connectivity index (χ3n) is 4.99. The molecular formula is C24H25NO4S. The zero-order chi connectivity index (χ0) is 21.7. The number of hydrogen-bond acceptors (Lipinski definition) is 3. The van der Waals surface area contributed by atoms with Crippen LogP contribution in [0.25, 0.3) is 0 Å². The molecule has 0 atom stereocenters. The number of benzene rings is 3. The molecule has 3 rings (SSSR count). The summed E-state index contributed by atoms with van der Waals surface area (Å²) in [6.07, 6.45) is 1.25. The van der Waals surface area contributed by atoms with Gasteiger partial charge in [0.25, 0.3) is 10.0 Å². The van der Waals surface area contributed by atoms with Crippen LogP contribution in [0.2, 0.25) is 0 Å². The molecule has 0 fully saturated rings. The molecule has 0 spiro atoms. The lowest BCUT2D eigenvalue weighted by Gasteiger charge is -2.11. The van der Waals surface area contributed by atoms with Crippen molar-refractivity contribution in [1.82, 2.24) is 0 Å². The van der Waals surface area contributed by atoms with Gasteiger partial charge < -0.3 is 5.11 Å². The van der Waals surface area contributed by atoms with Gasteiger partial charge in [-0.05, 0) is 65.8 Å². The standard InChI is InChI=1S/C24H25NO4S/c1-17(2)19-11-15-22(16-12-19)30(28,29)25-21-13-8-18(9-14-21)7-10-20-5-3-4-6-23(20)24(26)27/h3-6,8-9,11-17,25H,7,10H2,1-2H3,(H,26,27). The van der Waals surface area contributed by atoms with Crippen LogP contribution in [0.5, 0.6) is 0 Å². The van der Waals surface area contributed by atoms with Crippen LogP contribution < -0.4 is 4.72 Å². The quantitative estimate of drug-likeness (QED) is 0.528. The number of anilines is 1. The molecule has 0 bridgehead atoms. The minimum Gasteiger partial charge on any atom is -0.478 e. The van der Waals surface area contributed by atoms with E-state index in [1.807, 2.05) is 36.4 Å². The van der Waals surface area contributed by atoms with Gasteiger partial charge in [0.2, 0.25) is 0 Å². The molecule has 5 nitrogen and oxygen atoms in total. The molecule has 3 aromatic rings. The maximum Gasteiger partial charge on any atom is 0.335 e. The number of rotatable bonds is 8. The number of carboxylic acids is 1. The molecule has 0 aliphatic rings. The van der Waals surface area contributed by atoms with Crippen molar-refractivity contribution in [1.29, 1.82) is 0 Å². The normalized spacial score (nSPS) is 11.4. The minimum absolute atomic E-state index is 0.223. The SMILES string of the molecule is CC(C)c1ccc(S(=O)(=O)Nc2ccc(CCc3ccccc3C(=O)O)cc2)cc1. The van der Waals surface area contributed by atoms with E-state index in [0.717, 1.165) is 16.7 Å². The van der Waals surface area contributed by atoms with Gasteiger partial charge in [-0.3, -0.25) is 4.72 Å². The lowest BCUT2D eigenvalue weighted by Crippen LogP contribution is -2.13. The van der Waals surface area contributed by atoms with Gasteiger partial charge in [-0.25, -0.2) is 13.2 Å². The molecule has 156 valence electrons. The average Bonchev–Trinajstić information content (AvgIpc) is 2.73. The van der Waals surface area contributed by atoms with E-state index in [-0.39, 0.29) is 4.90 Å². The van der Waals surface area contributed by atoms with E-state index in [2.05, 4.69) is 18.6 Å². The van der Waals surface area contributed by atoms with Crippen molar-refractivity contribution < 1.29 is 18.3 Å². The van der Waals surface area contributed by atoms with Crippen LogP contribution in [-0.4, -0.2) is 19.5 Å². The fraction of sp³-hybridized carbons (Fsp3) is 0.208. The van der Waals surface area contributed by atoms with Crippen molar-refractivity contribution in [3.8, 4) is 0 Å². The van der Waals surface area contributed by atoms with Crippen molar-refractivity contribution >= 4 is 21.7 Å². The van der Waals surface area contributed by atoms with Gasteiger partial charge in [0.15, 0.2) is 0 Å². The first kappa shape index (κ1) is 21.6. The van der Waals surface area contributed by atoms with Gasteiger partial charge in [-0.2, -0.15) is 0 Å². The minimum atomic E-state index is -3.65. The number of aryl methyl sites for hydroxylation is 2. The van der Waals surface area contributed by atoms with E-state index in [4.69, 9.17) is 0 Å². The highest BCUT2D eigenvalue weighted by Crippen LogP contribution is 2.21. The van der Waals surface area contributed by atoms with Gasteiger partial charge in [0.05, 0.1) is 10.5 Å². The molecule has 0 heterocycles. The van der Waals surface area contributed by atoms with Crippen molar-refractivity contribution in [3.05, 3.63) is 95.1 Å². The summed E-state index contributed by atoms with van der Waals surface area (Å²) in [5.74, 6) is -0.596. The highest BCUT2D eigenvalue weighted by Gasteiger charge is 2.14. The fourth-order valence-corrected chi connectivity index (χ4v) is 4.27. The van der Waals surface area contributed by atoms with E-state index in [0.29, 0.717) is 30.0 Å². The Hall–Kier alpha value is -3.12. The number of carbonyl (C=O) groups is 1. The zero-order valence-electron chi connectivity index (χ0n) is 17.0. The Morgan fingerprint density at radius 2 is 1.53 bits per heavy atom. The molecule has 0 saturated carbocycles. The van der Waals surface area contributed by atoms with E-state index in [9.17, 15) is 18.3 Å². The molecule has 2 N–H and O–H groups in total. The average molecular weight is 424 g/mol. The second-order valence-electron chi connectivity index (χ2n) is 7.49. The monoisotopic (exact) mass is 423 g/mol. The van der Waals surface area contributed by atoms with Crippen molar-refractivity contribution in [2.45, 2.75) is 37.5 Å². The summed E-state index contributed by atoms with van der Waals surface area (Å²) in [6.45, 7) is 4.12. The number of aromatic carboxylic acids is 1. The lowest BCUT2D eigenvalue weighted by molar-refractivity contribution is 0.0695. The van der Waals surface area contributed by atoms with Gasteiger partial charge >= 0.3 is 5.97 Å². The van der Waals surface area contributed by atoms with Crippen LogP contribution in [0.1, 0.15) is 46.8 Å². The predicted octanol–water partition coefficient (Wildman–Crippen LogP) is 5.09. The second kappa shape index (κ2) is 9.13. The first-order valence-corrected chi connectivity index (χ1v) is 11.3. The Bertz CT molecular complexity index is 1120. The van der Waals surface area contributed by atoms with Crippen molar-refractivity contribution in [2.24, 2.45) is 0 Å². The Balaban J connectivity index is 1.66. The van der Waals surface area contributed by atoms with Crippen LogP contribution in [0.4, 0.5) is 5.69 Å². The van der Waals surface area contributed by atoms with Gasteiger partial charge in [-0.15, -0.1) is 0 Å². The molecule has 30 heavy (non-hydrogen) atoms. The number of carboxylic acid groups (broad SMARTS) is 1. The van der Waals surface area contributed by atoms with Crippen LogP contribution in [0.15, 0.2) is 77.7 Å². The summed E-state index contributed by atoms with van der Waals surface area (Å²) in [7, 11) is -3.65. The molecule has 3 aromatic carbocycles. The van der Waals surface area contributed by atoms with E-state index in [1.165, 1.54) is 0 Å². The Morgan fingerprint density at radius 3 is 2.13 bits per heavy atom. The summed E-state index contributed by atoms with van der Waals surface area (Å²) in [4.78, 5) is 11.5. The highest BCUT2D eigenvalue weighted by molar-refractivity contribution is 7.92. The van der Waals surface area contributed by atoms with Crippen molar-refractivity contribution in [3.63, 3.8) is 0 Å². The van der Waals surface area contributed by atoms with Gasteiger partial charge in [0, 0.05) is 5.69 Å². The lowest BCUT2D eigenvalue weighted by atomic mass is 10.00. The Morgan fingerprint density at radius 1 is 0.900 bits per heavy atom. The summed E-state index contributed by atoms with van der Waals surface area (Å²) in [6, 6.07) is 21.0. The molecule has 0 amide bonds. The largest absolute Gasteiger partial charge is 0.478 e. The molecule has 0 radical (unpaired) electrons. The fourth-order valence-electron chi connectivity index (χ4n) is 3.21. The smallest absolute Gasteiger partial charge is 0.335 e. The van der Waals surface area contributed by atoms with Gasteiger partial charge in [-0.1, -0.05) is 56.3 Å². The number of nitrogens with one attached hydrogen (secondary N) is 1. The maximum atomic E-state index is 12.6. The first-order valence-electron chi connectivity index (χ1n) is 9.79. The molecule has 0 aliphatic carbocycles. The summed E-state index contributed by atoms with van der Waals surface area (Å²) in [5, 5.41) is 9.28. The van der Waals surface area contributed by atoms with Crippen LogP contribution >= 0.6 is 0 Å². The summed E-state index contributed by atoms with van der Waals surface area (Å²) < 4.78 is 27.8. The third kappa shape index (κ3) is 5.27. The summed E-state index contributed by atoms with van der Waals surface area (Å²) in [5.41, 5.74) is 3.66. The maximum absolute atomic E-state index is 12.6. The third-order valence-corrected chi connectivity index (χ3v) is 6.39. The Kier molecular flexibility index (Phi) is 6.57. The molecular weight excluding hydrogens is 398 g/mol. The van der Waals surface area contributed by atoms with Crippen molar-refractivity contribution in [2.75, 3.05) is 4.72 Å².